The third-order valence-corrected chi connectivity index (χ3v) is 4.72. The summed E-state index contributed by atoms with van der Waals surface area (Å²) in [5, 5.41) is 2.95. The van der Waals surface area contributed by atoms with E-state index in [1.54, 1.807) is 4.90 Å². The normalized spacial score (nSPS) is 18.0. The maximum Gasteiger partial charge on any atom is 0.265 e. The Balaban J connectivity index is 1.53. The highest BCUT2D eigenvalue weighted by Crippen LogP contribution is 2.32. The molecule has 0 bridgehead atoms. The molecule has 130 valence electrons. The number of benzene rings is 1. The van der Waals surface area contributed by atoms with Crippen molar-refractivity contribution in [2.24, 2.45) is 0 Å². The van der Waals surface area contributed by atoms with Crippen molar-refractivity contribution in [3.8, 4) is 5.75 Å². The first-order chi connectivity index (χ1) is 11.6. The Morgan fingerprint density at radius 1 is 1.29 bits per heavy atom. The van der Waals surface area contributed by atoms with Gasteiger partial charge in [0.25, 0.3) is 5.91 Å². The Labute approximate surface area is 142 Å². The largest absolute Gasteiger partial charge is 0.482 e. The van der Waals surface area contributed by atoms with Crippen LogP contribution in [-0.2, 0) is 9.59 Å². The van der Waals surface area contributed by atoms with Crippen molar-refractivity contribution < 1.29 is 19.2 Å². The fourth-order valence-electron chi connectivity index (χ4n) is 3.37. The van der Waals surface area contributed by atoms with Gasteiger partial charge in [0.1, 0.15) is 12.3 Å². The summed E-state index contributed by atoms with van der Waals surface area (Å²) in [5.41, 5.74) is 1.74. The second kappa shape index (κ2) is 7.66. The number of nitrogens with zero attached hydrogens (tertiary/aromatic N) is 1. The van der Waals surface area contributed by atoms with Crippen LogP contribution in [0, 0.1) is 6.92 Å². The summed E-state index contributed by atoms with van der Waals surface area (Å²) in [6, 6.07) is 5.66. The quantitative estimate of drug-likeness (QED) is 0.792. The number of aryl methyl sites for hydroxylation is 1. The average molecular weight is 332 g/mol. The van der Waals surface area contributed by atoms with Crippen LogP contribution < -0.4 is 19.9 Å². The maximum atomic E-state index is 12.2. The SMILES string of the molecule is Cc1ccc2c(c1)OCC(=O)N2CC(=O)NCC[NH+]1CCCCC1. The van der Waals surface area contributed by atoms with E-state index in [4.69, 9.17) is 4.74 Å². The molecular weight excluding hydrogens is 306 g/mol. The predicted molar refractivity (Wildman–Crippen MR) is 91.5 cm³/mol. The lowest BCUT2D eigenvalue weighted by Crippen LogP contribution is -3.13. The Kier molecular flexibility index (Phi) is 5.35. The molecule has 2 aliphatic heterocycles. The molecule has 0 atom stereocenters. The van der Waals surface area contributed by atoms with Gasteiger partial charge in [-0.05, 0) is 43.9 Å². The molecule has 1 aromatic carbocycles. The monoisotopic (exact) mass is 332 g/mol. The van der Waals surface area contributed by atoms with Crippen LogP contribution in [0.3, 0.4) is 0 Å². The van der Waals surface area contributed by atoms with Crippen LogP contribution in [0.15, 0.2) is 18.2 Å². The number of hydrogen-bond acceptors (Lipinski definition) is 3. The van der Waals surface area contributed by atoms with E-state index >= 15 is 0 Å². The van der Waals surface area contributed by atoms with Crippen LogP contribution in [0.5, 0.6) is 5.75 Å². The van der Waals surface area contributed by atoms with Crippen LogP contribution >= 0.6 is 0 Å². The van der Waals surface area contributed by atoms with Crippen molar-refractivity contribution in [2.75, 3.05) is 44.2 Å². The molecule has 1 saturated heterocycles. The first kappa shape index (κ1) is 16.8. The zero-order valence-corrected chi connectivity index (χ0v) is 14.3. The molecule has 24 heavy (non-hydrogen) atoms. The highest BCUT2D eigenvalue weighted by molar-refractivity contribution is 6.02. The van der Waals surface area contributed by atoms with Crippen molar-refractivity contribution in [1.29, 1.82) is 0 Å². The lowest BCUT2D eigenvalue weighted by Gasteiger charge is -2.29. The molecule has 0 radical (unpaired) electrons. The number of quaternary nitrogens is 1. The number of carbonyl (C=O) groups is 2. The molecule has 2 amide bonds. The van der Waals surface area contributed by atoms with Gasteiger partial charge in [-0.1, -0.05) is 6.07 Å². The van der Waals surface area contributed by atoms with Crippen LogP contribution in [0.1, 0.15) is 24.8 Å². The smallest absolute Gasteiger partial charge is 0.265 e. The number of hydrogen-bond donors (Lipinski definition) is 2. The number of carbonyl (C=O) groups excluding carboxylic acids is 2. The number of nitrogens with one attached hydrogen (secondary N) is 2. The minimum absolute atomic E-state index is 0.0122. The molecule has 0 unspecified atom stereocenters. The molecule has 2 heterocycles. The van der Waals surface area contributed by atoms with Gasteiger partial charge in [-0.3, -0.25) is 14.5 Å². The van der Waals surface area contributed by atoms with Crippen molar-refractivity contribution >= 4 is 17.5 Å². The molecule has 0 spiro atoms. The summed E-state index contributed by atoms with van der Waals surface area (Å²) in [7, 11) is 0. The molecule has 2 N–H and O–H groups in total. The van der Waals surface area contributed by atoms with Gasteiger partial charge in [0.05, 0.1) is 31.9 Å². The van der Waals surface area contributed by atoms with Gasteiger partial charge < -0.3 is 15.0 Å². The van der Waals surface area contributed by atoms with Gasteiger partial charge in [-0.2, -0.15) is 0 Å². The molecule has 1 fully saturated rings. The maximum absolute atomic E-state index is 12.2. The molecule has 6 nitrogen and oxygen atoms in total. The first-order valence-electron chi connectivity index (χ1n) is 8.77. The second-order valence-electron chi connectivity index (χ2n) is 6.65. The zero-order chi connectivity index (χ0) is 16.9. The van der Waals surface area contributed by atoms with Gasteiger partial charge in [-0.15, -0.1) is 0 Å². The van der Waals surface area contributed by atoms with Crippen molar-refractivity contribution in [3.63, 3.8) is 0 Å². The zero-order valence-electron chi connectivity index (χ0n) is 14.3. The molecule has 0 aromatic heterocycles. The number of piperidine rings is 1. The van der Waals surface area contributed by atoms with Crippen LogP contribution in [0.4, 0.5) is 5.69 Å². The van der Waals surface area contributed by atoms with Crippen LogP contribution in [0.25, 0.3) is 0 Å². The average Bonchev–Trinajstić information content (AvgIpc) is 2.58. The third-order valence-electron chi connectivity index (χ3n) is 4.72. The molecule has 6 heteroatoms. The fraction of sp³-hybridized carbons (Fsp3) is 0.556. The van der Waals surface area contributed by atoms with Crippen molar-refractivity contribution in [1.82, 2.24) is 5.32 Å². The Hall–Kier alpha value is -2.08. The number of ether oxygens (including phenoxy) is 1. The van der Waals surface area contributed by atoms with E-state index in [2.05, 4.69) is 5.32 Å². The topological polar surface area (TPSA) is 63.1 Å². The van der Waals surface area contributed by atoms with E-state index in [1.807, 2.05) is 25.1 Å². The van der Waals surface area contributed by atoms with Crippen molar-refractivity contribution in [3.05, 3.63) is 23.8 Å². The predicted octanol–water partition coefficient (Wildman–Crippen LogP) is -0.0946. The van der Waals surface area contributed by atoms with Crippen LogP contribution in [0.2, 0.25) is 0 Å². The Morgan fingerprint density at radius 3 is 2.88 bits per heavy atom. The minimum Gasteiger partial charge on any atom is -0.482 e. The summed E-state index contributed by atoms with van der Waals surface area (Å²) >= 11 is 0. The summed E-state index contributed by atoms with van der Waals surface area (Å²) in [6.07, 6.45) is 3.89. The van der Waals surface area contributed by atoms with Crippen LogP contribution in [-0.4, -0.2) is 51.1 Å². The van der Waals surface area contributed by atoms with E-state index < -0.39 is 0 Å². The Bertz CT molecular complexity index is 612. The lowest BCUT2D eigenvalue weighted by molar-refractivity contribution is -0.903. The highest BCUT2D eigenvalue weighted by Gasteiger charge is 2.27. The molecule has 3 rings (SSSR count). The summed E-state index contributed by atoms with van der Waals surface area (Å²) < 4.78 is 5.46. The standard InChI is InChI=1S/C18H25N3O3/c1-14-5-6-15-16(11-14)24-13-18(23)21(15)12-17(22)19-7-10-20-8-3-2-4-9-20/h5-6,11H,2-4,7-10,12-13H2,1H3,(H,19,22)/p+1. The van der Waals surface area contributed by atoms with E-state index in [0.717, 1.165) is 12.1 Å². The number of rotatable bonds is 5. The number of anilines is 1. The first-order valence-corrected chi connectivity index (χ1v) is 8.77. The van der Waals surface area contributed by atoms with Gasteiger partial charge in [0, 0.05) is 0 Å². The summed E-state index contributed by atoms with van der Waals surface area (Å²) in [4.78, 5) is 27.4. The summed E-state index contributed by atoms with van der Waals surface area (Å²) in [6.45, 7) is 6.02. The number of likely N-dealkylation sites (tertiary alicyclic amines) is 1. The van der Waals surface area contributed by atoms with Gasteiger partial charge >= 0.3 is 0 Å². The summed E-state index contributed by atoms with van der Waals surface area (Å²) in [5.74, 6) is 0.372. The van der Waals surface area contributed by atoms with E-state index in [-0.39, 0.29) is 25.0 Å². The molecule has 0 saturated carbocycles. The lowest BCUT2D eigenvalue weighted by atomic mass is 10.1. The Morgan fingerprint density at radius 2 is 2.08 bits per heavy atom. The third kappa shape index (κ3) is 4.06. The molecule has 0 aliphatic carbocycles. The number of amides is 2. The molecule has 1 aromatic rings. The van der Waals surface area contributed by atoms with Crippen molar-refractivity contribution in [2.45, 2.75) is 26.2 Å². The van der Waals surface area contributed by atoms with E-state index in [0.29, 0.717) is 18.0 Å². The van der Waals surface area contributed by atoms with Gasteiger partial charge in [0.2, 0.25) is 5.91 Å². The van der Waals surface area contributed by atoms with Gasteiger partial charge in [-0.25, -0.2) is 0 Å². The molecular formula is C18H26N3O3+. The van der Waals surface area contributed by atoms with E-state index in [9.17, 15) is 9.59 Å². The van der Waals surface area contributed by atoms with Gasteiger partial charge in [0.15, 0.2) is 6.61 Å². The minimum atomic E-state index is -0.178. The number of fused-ring (bicyclic) bond motifs is 1. The molecule has 2 aliphatic rings. The van der Waals surface area contributed by atoms with E-state index in [1.165, 1.54) is 37.3 Å². The second-order valence-corrected chi connectivity index (χ2v) is 6.65. The fourth-order valence-corrected chi connectivity index (χ4v) is 3.37. The highest BCUT2D eigenvalue weighted by atomic mass is 16.5.